The van der Waals surface area contributed by atoms with Crippen LogP contribution in [-0.2, 0) is 16.1 Å². The topological polar surface area (TPSA) is 98.2 Å². The lowest BCUT2D eigenvalue weighted by atomic mass is 9.97. The number of rotatable bonds is 7. The fraction of sp³-hybridized carbons (Fsp3) is 0.192. The molecule has 1 aliphatic rings. The van der Waals surface area contributed by atoms with Gasteiger partial charge in [0.1, 0.15) is 29.0 Å². The lowest BCUT2D eigenvalue weighted by molar-refractivity contribution is -0.140. The average Bonchev–Trinajstić information content (AvgIpc) is 3.13. The molecule has 3 aromatic rings. The third kappa shape index (κ3) is 4.05. The van der Waals surface area contributed by atoms with Gasteiger partial charge < -0.3 is 24.2 Å². The predicted octanol–water partition coefficient (Wildman–Crippen LogP) is 3.73. The van der Waals surface area contributed by atoms with Crippen LogP contribution in [0.25, 0.3) is 5.76 Å². The van der Waals surface area contributed by atoms with E-state index in [2.05, 4.69) is 4.98 Å². The molecule has 174 valence electrons. The Morgan fingerprint density at radius 2 is 1.68 bits per heavy atom. The summed E-state index contributed by atoms with van der Waals surface area (Å²) in [5.41, 5.74) is 1.36. The van der Waals surface area contributed by atoms with E-state index in [0.29, 0.717) is 22.9 Å². The van der Waals surface area contributed by atoms with Gasteiger partial charge in [-0.1, -0.05) is 24.3 Å². The number of aliphatic hydroxyl groups is 1. The number of ether oxygens (including phenoxy) is 3. The zero-order valence-electron chi connectivity index (χ0n) is 19.0. The first-order valence-electron chi connectivity index (χ1n) is 10.5. The number of methoxy groups -OCH3 is 3. The van der Waals surface area contributed by atoms with Crippen LogP contribution in [0.15, 0.2) is 72.4 Å². The molecule has 34 heavy (non-hydrogen) atoms. The van der Waals surface area contributed by atoms with Crippen LogP contribution in [0.4, 0.5) is 0 Å². The second-order valence-electron chi connectivity index (χ2n) is 7.56. The van der Waals surface area contributed by atoms with Gasteiger partial charge in [0.15, 0.2) is 0 Å². The van der Waals surface area contributed by atoms with Crippen LogP contribution in [0.3, 0.4) is 0 Å². The molecule has 1 saturated heterocycles. The first kappa shape index (κ1) is 22.8. The molecule has 1 fully saturated rings. The van der Waals surface area contributed by atoms with Crippen molar-refractivity contribution in [2.75, 3.05) is 21.3 Å². The lowest BCUT2D eigenvalue weighted by Crippen LogP contribution is -2.29. The lowest BCUT2D eigenvalue weighted by Gasteiger charge is -2.25. The van der Waals surface area contributed by atoms with Crippen LogP contribution < -0.4 is 14.2 Å². The molecule has 0 spiro atoms. The van der Waals surface area contributed by atoms with Gasteiger partial charge in [0.2, 0.25) is 0 Å². The van der Waals surface area contributed by atoms with Crippen molar-refractivity contribution in [3.63, 3.8) is 0 Å². The molecule has 0 saturated carbocycles. The maximum atomic E-state index is 13.2. The van der Waals surface area contributed by atoms with Gasteiger partial charge in [-0.25, -0.2) is 0 Å². The minimum atomic E-state index is -0.905. The van der Waals surface area contributed by atoms with E-state index in [1.54, 1.807) is 55.8 Å². The van der Waals surface area contributed by atoms with E-state index in [9.17, 15) is 14.7 Å². The molecule has 1 unspecified atom stereocenters. The van der Waals surface area contributed by atoms with Crippen molar-refractivity contribution in [2.24, 2.45) is 0 Å². The van der Waals surface area contributed by atoms with Crippen molar-refractivity contribution < 1.29 is 28.9 Å². The SMILES string of the molecule is COc1ccc(/C(O)=C2/C(=O)C(=O)N(Cc3ccccc3OC)C2c2ccccn2)c(OC)c1. The largest absolute Gasteiger partial charge is 0.507 e. The van der Waals surface area contributed by atoms with E-state index in [0.717, 1.165) is 5.56 Å². The second kappa shape index (κ2) is 9.66. The van der Waals surface area contributed by atoms with Crippen molar-refractivity contribution in [3.05, 3.63) is 89.3 Å². The third-order valence-corrected chi connectivity index (χ3v) is 5.70. The Balaban J connectivity index is 1.88. The van der Waals surface area contributed by atoms with E-state index < -0.39 is 17.7 Å². The third-order valence-electron chi connectivity index (χ3n) is 5.70. The van der Waals surface area contributed by atoms with Gasteiger partial charge >= 0.3 is 0 Å². The molecule has 0 radical (unpaired) electrons. The molecule has 2 aromatic carbocycles. The van der Waals surface area contributed by atoms with E-state index in [1.807, 2.05) is 18.2 Å². The Hall–Kier alpha value is -4.33. The van der Waals surface area contributed by atoms with Crippen LogP contribution in [0.1, 0.15) is 22.9 Å². The van der Waals surface area contributed by atoms with Crippen molar-refractivity contribution in [1.29, 1.82) is 0 Å². The highest BCUT2D eigenvalue weighted by molar-refractivity contribution is 6.46. The monoisotopic (exact) mass is 460 g/mol. The van der Waals surface area contributed by atoms with Crippen LogP contribution in [-0.4, -0.2) is 48.0 Å². The Kier molecular flexibility index (Phi) is 6.49. The Morgan fingerprint density at radius 3 is 2.35 bits per heavy atom. The molecule has 1 aliphatic heterocycles. The summed E-state index contributed by atoms with van der Waals surface area (Å²) in [7, 11) is 4.50. The number of Topliss-reactive ketones (excluding diaryl/α,β-unsaturated/α-hetero) is 1. The number of benzene rings is 2. The number of pyridine rings is 1. The average molecular weight is 460 g/mol. The van der Waals surface area contributed by atoms with Crippen LogP contribution in [0.2, 0.25) is 0 Å². The normalized spacial score (nSPS) is 17.0. The van der Waals surface area contributed by atoms with Crippen molar-refractivity contribution in [3.8, 4) is 17.2 Å². The highest BCUT2D eigenvalue weighted by atomic mass is 16.5. The molecule has 8 nitrogen and oxygen atoms in total. The summed E-state index contributed by atoms with van der Waals surface area (Å²) in [6.07, 6.45) is 1.58. The molecule has 1 atom stereocenters. The van der Waals surface area contributed by atoms with Crippen LogP contribution >= 0.6 is 0 Å². The maximum absolute atomic E-state index is 13.2. The first-order chi connectivity index (χ1) is 16.5. The van der Waals surface area contributed by atoms with Gasteiger partial charge in [-0.15, -0.1) is 0 Å². The minimum Gasteiger partial charge on any atom is -0.507 e. The summed E-state index contributed by atoms with van der Waals surface area (Å²) in [4.78, 5) is 32.2. The van der Waals surface area contributed by atoms with E-state index in [1.165, 1.54) is 19.1 Å². The summed E-state index contributed by atoms with van der Waals surface area (Å²) in [6, 6.07) is 16.4. The molecule has 2 heterocycles. The summed E-state index contributed by atoms with van der Waals surface area (Å²) in [5, 5.41) is 11.3. The van der Waals surface area contributed by atoms with Crippen LogP contribution in [0.5, 0.6) is 17.2 Å². The van der Waals surface area contributed by atoms with Crippen molar-refractivity contribution >= 4 is 17.4 Å². The summed E-state index contributed by atoms with van der Waals surface area (Å²) >= 11 is 0. The molecule has 1 aromatic heterocycles. The number of carbonyl (C=O) groups is 2. The van der Waals surface area contributed by atoms with Gasteiger partial charge in [-0.05, 0) is 30.3 Å². The number of para-hydroxylation sites is 1. The maximum Gasteiger partial charge on any atom is 0.296 e. The number of aliphatic hydroxyl groups excluding tert-OH is 1. The summed E-state index contributed by atoms with van der Waals surface area (Å²) in [6.45, 7) is 0.0896. The Labute approximate surface area is 197 Å². The quantitative estimate of drug-likeness (QED) is 0.326. The highest BCUT2D eigenvalue weighted by Crippen LogP contribution is 2.42. The number of likely N-dealkylation sites (tertiary alicyclic amines) is 1. The number of nitrogens with zero attached hydrogens (tertiary/aromatic N) is 2. The zero-order valence-corrected chi connectivity index (χ0v) is 19.0. The molecule has 0 aliphatic carbocycles. The van der Waals surface area contributed by atoms with Gasteiger partial charge in [-0.2, -0.15) is 0 Å². The Bertz CT molecular complexity index is 1260. The second-order valence-corrected chi connectivity index (χ2v) is 7.56. The van der Waals surface area contributed by atoms with Gasteiger partial charge in [0.05, 0.1) is 44.7 Å². The smallest absolute Gasteiger partial charge is 0.296 e. The molecule has 8 heteroatoms. The molecule has 0 bridgehead atoms. The van der Waals surface area contributed by atoms with E-state index in [4.69, 9.17) is 14.2 Å². The van der Waals surface area contributed by atoms with E-state index >= 15 is 0 Å². The first-order valence-corrected chi connectivity index (χ1v) is 10.5. The van der Waals surface area contributed by atoms with Crippen LogP contribution in [0, 0.1) is 0 Å². The molecule has 1 amide bonds. The van der Waals surface area contributed by atoms with Gasteiger partial charge in [0.25, 0.3) is 11.7 Å². The molecule has 1 N–H and O–H groups in total. The van der Waals surface area contributed by atoms with Gasteiger partial charge in [0, 0.05) is 17.8 Å². The van der Waals surface area contributed by atoms with Crippen molar-refractivity contribution in [1.82, 2.24) is 9.88 Å². The number of aromatic nitrogens is 1. The molecule has 4 rings (SSSR count). The molecular formula is C26H24N2O6. The minimum absolute atomic E-state index is 0.0675. The molecular weight excluding hydrogens is 436 g/mol. The van der Waals surface area contributed by atoms with Gasteiger partial charge in [-0.3, -0.25) is 14.6 Å². The number of ketones is 1. The zero-order chi connectivity index (χ0) is 24.2. The fourth-order valence-corrected chi connectivity index (χ4v) is 4.04. The number of amides is 1. The van der Waals surface area contributed by atoms with E-state index in [-0.39, 0.29) is 23.4 Å². The van der Waals surface area contributed by atoms with Crippen molar-refractivity contribution in [2.45, 2.75) is 12.6 Å². The fourth-order valence-electron chi connectivity index (χ4n) is 4.04. The number of hydrogen-bond acceptors (Lipinski definition) is 7. The highest BCUT2D eigenvalue weighted by Gasteiger charge is 2.47. The predicted molar refractivity (Wildman–Crippen MR) is 125 cm³/mol. The Morgan fingerprint density at radius 1 is 0.941 bits per heavy atom. The summed E-state index contributed by atoms with van der Waals surface area (Å²) in [5.74, 6) is -0.493. The number of hydrogen-bond donors (Lipinski definition) is 1. The summed E-state index contributed by atoms with van der Waals surface area (Å²) < 4.78 is 16.1. The standard InChI is InChI=1S/C26H24N2O6/c1-32-17-11-12-18(21(14-17)34-3)24(29)22-23(19-9-6-7-13-27-19)28(26(31)25(22)30)15-16-8-4-5-10-20(16)33-2/h4-14,23,29H,15H2,1-3H3/b24-22-. The number of carbonyl (C=O) groups excluding carboxylic acids is 2.